The molecule has 0 spiro atoms. The van der Waals surface area contributed by atoms with E-state index in [1.807, 2.05) is 0 Å². The summed E-state index contributed by atoms with van der Waals surface area (Å²) in [5.41, 5.74) is 0.671. The fraction of sp³-hybridized carbons (Fsp3) is 0.412. The first-order valence-electron chi connectivity index (χ1n) is 8.54. The standard InChI is InChI=1S/C17H19N3O6S/c1-20-14(17(21)18-9-12-3-2-6-24-12)8-13(19-27(20,22)23)11-4-5-15-16(7-11)26-10-25-15/h4-5,7-8,12H,2-3,6,9-10H2,1H3,(H,18,21)/t12-/m1/s1. The maximum atomic E-state index is 12.6. The number of amides is 1. The van der Waals surface area contributed by atoms with Gasteiger partial charge in [-0.15, -0.1) is 4.40 Å². The number of rotatable bonds is 4. The molecule has 4 rings (SSSR count). The van der Waals surface area contributed by atoms with Crippen LogP contribution in [0.5, 0.6) is 11.5 Å². The van der Waals surface area contributed by atoms with E-state index in [-0.39, 0.29) is 24.3 Å². The lowest BCUT2D eigenvalue weighted by Crippen LogP contribution is -2.40. The smallest absolute Gasteiger partial charge is 0.345 e. The van der Waals surface area contributed by atoms with Gasteiger partial charge in [0.1, 0.15) is 5.70 Å². The highest BCUT2D eigenvalue weighted by atomic mass is 32.2. The van der Waals surface area contributed by atoms with Crippen molar-refractivity contribution in [3.63, 3.8) is 0 Å². The summed E-state index contributed by atoms with van der Waals surface area (Å²) in [4.78, 5) is 12.6. The molecule has 10 heteroatoms. The van der Waals surface area contributed by atoms with Gasteiger partial charge in [0.15, 0.2) is 11.5 Å². The highest BCUT2D eigenvalue weighted by molar-refractivity contribution is 7.88. The summed E-state index contributed by atoms with van der Waals surface area (Å²) >= 11 is 0. The largest absolute Gasteiger partial charge is 0.454 e. The molecule has 27 heavy (non-hydrogen) atoms. The number of carbonyl (C=O) groups is 1. The molecule has 3 aliphatic rings. The molecular formula is C17H19N3O6S. The van der Waals surface area contributed by atoms with Gasteiger partial charge in [-0.2, -0.15) is 8.42 Å². The molecule has 1 aromatic rings. The molecule has 144 valence electrons. The maximum Gasteiger partial charge on any atom is 0.345 e. The van der Waals surface area contributed by atoms with E-state index in [2.05, 4.69) is 9.71 Å². The van der Waals surface area contributed by atoms with Crippen LogP contribution >= 0.6 is 0 Å². The number of allylic oxidation sites excluding steroid dienone is 1. The number of carbonyl (C=O) groups excluding carboxylic acids is 1. The van der Waals surface area contributed by atoms with Crippen LogP contribution in [0.1, 0.15) is 18.4 Å². The summed E-state index contributed by atoms with van der Waals surface area (Å²) in [7, 11) is -2.72. The molecule has 3 aliphatic heterocycles. The first-order chi connectivity index (χ1) is 12.9. The van der Waals surface area contributed by atoms with Gasteiger partial charge >= 0.3 is 10.2 Å². The van der Waals surface area contributed by atoms with Crippen molar-refractivity contribution in [2.24, 2.45) is 4.40 Å². The molecule has 0 radical (unpaired) electrons. The number of fused-ring (bicyclic) bond motifs is 1. The van der Waals surface area contributed by atoms with Gasteiger partial charge in [-0.3, -0.25) is 4.79 Å². The third kappa shape index (κ3) is 3.50. The summed E-state index contributed by atoms with van der Waals surface area (Å²) in [6, 6.07) is 4.99. The van der Waals surface area contributed by atoms with Gasteiger partial charge < -0.3 is 19.5 Å². The van der Waals surface area contributed by atoms with Crippen LogP contribution in [0.3, 0.4) is 0 Å². The van der Waals surface area contributed by atoms with Crippen molar-refractivity contribution in [3.8, 4) is 11.5 Å². The Morgan fingerprint density at radius 2 is 2.15 bits per heavy atom. The normalized spacial score (nSPS) is 23.0. The van der Waals surface area contributed by atoms with Crippen molar-refractivity contribution in [2.75, 3.05) is 27.0 Å². The molecule has 0 aliphatic carbocycles. The molecule has 1 saturated heterocycles. The molecule has 0 aromatic heterocycles. The number of nitrogens with one attached hydrogen (secondary N) is 1. The molecule has 3 heterocycles. The van der Waals surface area contributed by atoms with E-state index in [0.717, 1.165) is 17.1 Å². The Labute approximate surface area is 156 Å². The highest BCUT2D eigenvalue weighted by Gasteiger charge is 2.31. The third-order valence-electron chi connectivity index (χ3n) is 4.59. The molecule has 1 fully saturated rings. The second-order valence-electron chi connectivity index (χ2n) is 6.36. The quantitative estimate of drug-likeness (QED) is 0.802. The van der Waals surface area contributed by atoms with E-state index >= 15 is 0 Å². The molecular weight excluding hydrogens is 374 g/mol. The number of ether oxygens (including phenoxy) is 3. The second kappa shape index (κ2) is 6.86. The average Bonchev–Trinajstić information content (AvgIpc) is 3.32. The number of hydrogen-bond donors (Lipinski definition) is 1. The molecule has 9 nitrogen and oxygen atoms in total. The molecule has 0 saturated carbocycles. The zero-order valence-electron chi connectivity index (χ0n) is 14.7. The number of benzene rings is 1. The zero-order chi connectivity index (χ0) is 19.0. The van der Waals surface area contributed by atoms with E-state index in [9.17, 15) is 13.2 Å². The lowest BCUT2D eigenvalue weighted by atomic mass is 10.1. The van der Waals surface area contributed by atoms with Crippen LogP contribution in [0.15, 0.2) is 34.4 Å². The first kappa shape index (κ1) is 17.8. The summed E-state index contributed by atoms with van der Waals surface area (Å²) in [6.07, 6.45) is 3.24. The van der Waals surface area contributed by atoms with Gasteiger partial charge in [-0.25, -0.2) is 4.31 Å². The average molecular weight is 393 g/mol. The predicted octanol–water partition coefficient (Wildman–Crippen LogP) is 0.574. The lowest BCUT2D eigenvalue weighted by Gasteiger charge is -2.24. The molecule has 1 aromatic carbocycles. The van der Waals surface area contributed by atoms with E-state index in [4.69, 9.17) is 14.2 Å². The summed E-state index contributed by atoms with van der Waals surface area (Å²) in [5, 5.41) is 2.74. The number of likely N-dealkylation sites (N-methyl/N-ethyl adjacent to an activating group) is 1. The molecule has 1 atom stereocenters. The van der Waals surface area contributed by atoms with E-state index in [1.165, 1.54) is 13.1 Å². The Morgan fingerprint density at radius 3 is 2.93 bits per heavy atom. The van der Waals surface area contributed by atoms with Gasteiger partial charge in [0.05, 0.1) is 11.8 Å². The van der Waals surface area contributed by atoms with Gasteiger partial charge in [-0.1, -0.05) is 0 Å². The molecule has 1 N–H and O–H groups in total. The summed E-state index contributed by atoms with van der Waals surface area (Å²) in [6.45, 7) is 1.12. The van der Waals surface area contributed by atoms with E-state index in [1.54, 1.807) is 18.2 Å². The highest BCUT2D eigenvalue weighted by Crippen LogP contribution is 2.33. The van der Waals surface area contributed by atoms with Crippen molar-refractivity contribution >= 4 is 21.8 Å². The monoisotopic (exact) mass is 393 g/mol. The molecule has 0 unspecified atom stereocenters. The SMILES string of the molecule is CN1C(C(=O)NC[C@H]2CCCO2)=CC(c2ccc3c(c2)OCO3)=NS1(=O)=O. The number of nitrogens with zero attached hydrogens (tertiary/aromatic N) is 2. The Balaban J connectivity index is 1.60. The zero-order valence-corrected chi connectivity index (χ0v) is 15.5. The molecule has 0 bridgehead atoms. The number of hydrogen-bond acceptors (Lipinski definition) is 6. The summed E-state index contributed by atoms with van der Waals surface area (Å²) in [5.74, 6) is 0.586. The second-order valence-corrected chi connectivity index (χ2v) is 7.99. The fourth-order valence-corrected chi connectivity index (χ4v) is 3.97. The van der Waals surface area contributed by atoms with Gasteiger partial charge in [0.25, 0.3) is 5.91 Å². The van der Waals surface area contributed by atoms with Crippen molar-refractivity contribution in [2.45, 2.75) is 18.9 Å². The summed E-state index contributed by atoms with van der Waals surface area (Å²) < 4.78 is 45.5. The van der Waals surface area contributed by atoms with Crippen LogP contribution in [0.4, 0.5) is 0 Å². The van der Waals surface area contributed by atoms with Crippen LogP contribution in [0.25, 0.3) is 0 Å². The third-order valence-corrected chi connectivity index (χ3v) is 5.90. The Morgan fingerprint density at radius 1 is 1.33 bits per heavy atom. The minimum absolute atomic E-state index is 0.00402. The van der Waals surface area contributed by atoms with Crippen LogP contribution in [0, 0.1) is 0 Å². The fourth-order valence-electron chi connectivity index (χ4n) is 3.06. The Bertz CT molecular complexity index is 934. The Hall–Kier alpha value is -2.59. The van der Waals surface area contributed by atoms with Gasteiger partial charge in [0.2, 0.25) is 6.79 Å². The predicted molar refractivity (Wildman–Crippen MR) is 95.9 cm³/mol. The Kier molecular flexibility index (Phi) is 4.52. The van der Waals surface area contributed by atoms with Crippen molar-refractivity contribution in [3.05, 3.63) is 35.5 Å². The van der Waals surface area contributed by atoms with Crippen molar-refractivity contribution in [1.29, 1.82) is 0 Å². The van der Waals surface area contributed by atoms with Crippen LogP contribution in [-0.4, -0.2) is 57.4 Å². The van der Waals surface area contributed by atoms with E-state index in [0.29, 0.717) is 30.2 Å². The van der Waals surface area contributed by atoms with Crippen molar-refractivity contribution < 1.29 is 27.4 Å². The van der Waals surface area contributed by atoms with Crippen LogP contribution < -0.4 is 14.8 Å². The lowest BCUT2D eigenvalue weighted by molar-refractivity contribution is -0.118. The van der Waals surface area contributed by atoms with Crippen LogP contribution in [-0.2, 0) is 19.7 Å². The first-order valence-corrected chi connectivity index (χ1v) is 9.94. The van der Waals surface area contributed by atoms with Crippen molar-refractivity contribution in [1.82, 2.24) is 9.62 Å². The molecule has 1 amide bonds. The van der Waals surface area contributed by atoms with Gasteiger partial charge in [-0.05, 0) is 37.1 Å². The minimum Gasteiger partial charge on any atom is -0.454 e. The topological polar surface area (TPSA) is 107 Å². The maximum absolute atomic E-state index is 12.6. The minimum atomic E-state index is -4.02. The van der Waals surface area contributed by atoms with Gasteiger partial charge in [0, 0.05) is 25.8 Å². The van der Waals surface area contributed by atoms with Crippen LogP contribution in [0.2, 0.25) is 0 Å². The van der Waals surface area contributed by atoms with E-state index < -0.39 is 16.1 Å².